The molecule has 1 N–H and O–H groups in total. The predicted molar refractivity (Wildman–Crippen MR) is 80.5 cm³/mol. The van der Waals surface area contributed by atoms with Crippen LogP contribution in [0.3, 0.4) is 0 Å². The Morgan fingerprint density at radius 2 is 2.26 bits per heavy atom. The van der Waals surface area contributed by atoms with Crippen molar-refractivity contribution in [2.75, 3.05) is 13.7 Å². The van der Waals surface area contributed by atoms with Gasteiger partial charge in [0.25, 0.3) is 0 Å². The molecule has 1 aliphatic heterocycles. The van der Waals surface area contributed by atoms with Crippen molar-refractivity contribution in [3.05, 3.63) is 50.7 Å². The van der Waals surface area contributed by atoms with Crippen molar-refractivity contribution in [3.8, 4) is 5.75 Å². The Morgan fingerprint density at radius 1 is 1.37 bits per heavy atom. The molecule has 0 saturated heterocycles. The van der Waals surface area contributed by atoms with E-state index in [9.17, 15) is 0 Å². The van der Waals surface area contributed by atoms with Crippen LogP contribution in [0.15, 0.2) is 29.6 Å². The monoisotopic (exact) mass is 293 g/mol. The fraction of sp³-hybridized carbons (Fsp3) is 0.333. The largest absolute Gasteiger partial charge is 0.493 e. The van der Waals surface area contributed by atoms with Gasteiger partial charge < -0.3 is 10.1 Å². The molecule has 2 aromatic rings. The van der Waals surface area contributed by atoms with Gasteiger partial charge in [0.1, 0.15) is 5.75 Å². The lowest BCUT2D eigenvalue weighted by Crippen LogP contribution is -2.20. The van der Waals surface area contributed by atoms with Gasteiger partial charge in [-0.3, -0.25) is 0 Å². The summed E-state index contributed by atoms with van der Waals surface area (Å²) in [5, 5.41) is 6.20. The van der Waals surface area contributed by atoms with E-state index in [0.717, 1.165) is 35.1 Å². The highest BCUT2D eigenvalue weighted by Crippen LogP contribution is 2.39. The first kappa shape index (κ1) is 13.0. The molecule has 19 heavy (non-hydrogen) atoms. The molecule has 0 bridgehead atoms. The molecule has 0 saturated carbocycles. The lowest BCUT2D eigenvalue weighted by Gasteiger charge is -2.24. The quantitative estimate of drug-likeness (QED) is 0.922. The zero-order valence-electron chi connectivity index (χ0n) is 10.8. The number of rotatable bonds is 3. The molecule has 0 spiro atoms. The topological polar surface area (TPSA) is 21.3 Å². The van der Waals surface area contributed by atoms with E-state index in [-0.39, 0.29) is 6.04 Å². The highest BCUT2D eigenvalue weighted by molar-refractivity contribution is 7.10. The van der Waals surface area contributed by atoms with Crippen molar-refractivity contribution >= 4 is 22.9 Å². The van der Waals surface area contributed by atoms with E-state index in [1.165, 1.54) is 11.1 Å². The zero-order valence-corrected chi connectivity index (χ0v) is 12.4. The van der Waals surface area contributed by atoms with Crippen LogP contribution in [0.2, 0.25) is 5.02 Å². The molecular weight excluding hydrogens is 278 g/mol. The van der Waals surface area contributed by atoms with Gasteiger partial charge >= 0.3 is 0 Å². The molecule has 1 atom stereocenters. The summed E-state index contributed by atoms with van der Waals surface area (Å²) in [7, 11) is 1.96. The van der Waals surface area contributed by atoms with Gasteiger partial charge in [0.2, 0.25) is 0 Å². The molecule has 0 aliphatic carbocycles. The van der Waals surface area contributed by atoms with Crippen molar-refractivity contribution in [1.29, 1.82) is 0 Å². The Kier molecular flexibility index (Phi) is 3.78. The molecule has 1 unspecified atom stereocenters. The molecule has 0 fully saturated rings. The van der Waals surface area contributed by atoms with Crippen LogP contribution in [0.1, 0.15) is 28.5 Å². The van der Waals surface area contributed by atoms with Crippen LogP contribution in [0.25, 0.3) is 0 Å². The Morgan fingerprint density at radius 3 is 3.00 bits per heavy atom. The van der Waals surface area contributed by atoms with E-state index in [0.29, 0.717) is 0 Å². The van der Waals surface area contributed by atoms with Gasteiger partial charge in [0.15, 0.2) is 0 Å². The van der Waals surface area contributed by atoms with Crippen LogP contribution >= 0.6 is 22.9 Å². The van der Waals surface area contributed by atoms with Crippen molar-refractivity contribution < 1.29 is 4.74 Å². The van der Waals surface area contributed by atoms with Crippen molar-refractivity contribution in [2.45, 2.75) is 18.9 Å². The van der Waals surface area contributed by atoms with Gasteiger partial charge in [0, 0.05) is 10.4 Å². The number of para-hydroxylation sites is 1. The van der Waals surface area contributed by atoms with Crippen LogP contribution in [0.4, 0.5) is 0 Å². The first-order valence-electron chi connectivity index (χ1n) is 6.46. The molecular formula is C15H16ClNOS. The van der Waals surface area contributed by atoms with Crippen LogP contribution in [-0.2, 0) is 6.42 Å². The molecule has 1 aromatic carbocycles. The maximum absolute atomic E-state index is 6.28. The Hall–Kier alpha value is -1.03. The third kappa shape index (κ3) is 2.38. The number of ether oxygens (including phenoxy) is 1. The van der Waals surface area contributed by atoms with Gasteiger partial charge in [-0.2, -0.15) is 0 Å². The number of hydrogen-bond acceptors (Lipinski definition) is 3. The Bertz CT molecular complexity index is 581. The summed E-state index contributed by atoms with van der Waals surface area (Å²) in [5.74, 6) is 1.04. The summed E-state index contributed by atoms with van der Waals surface area (Å²) >= 11 is 7.95. The molecule has 0 amide bonds. The van der Waals surface area contributed by atoms with Gasteiger partial charge in [-0.15, -0.1) is 11.3 Å². The number of nitrogens with one attached hydrogen (secondary N) is 1. The summed E-state index contributed by atoms with van der Waals surface area (Å²) in [6.45, 7) is 0.804. The van der Waals surface area contributed by atoms with Gasteiger partial charge in [-0.05, 0) is 36.9 Å². The minimum absolute atomic E-state index is 0.0977. The summed E-state index contributed by atoms with van der Waals surface area (Å²) < 4.78 is 5.90. The van der Waals surface area contributed by atoms with Crippen LogP contribution in [0.5, 0.6) is 5.75 Å². The average Bonchev–Trinajstić information content (AvgIpc) is 2.86. The number of fused-ring (bicyclic) bond motifs is 1. The fourth-order valence-electron chi connectivity index (χ4n) is 2.58. The molecule has 2 heterocycles. The Balaban J connectivity index is 2.07. The van der Waals surface area contributed by atoms with E-state index in [1.807, 2.05) is 18.5 Å². The standard InChI is InChI=1S/C15H16ClNOS/c1-17-13(15-12(16)7-9-19-15)11-6-2-4-10-5-3-8-18-14(10)11/h2,4,6-7,9,13,17H,3,5,8H2,1H3. The van der Waals surface area contributed by atoms with Gasteiger partial charge in [-0.1, -0.05) is 29.8 Å². The molecule has 0 radical (unpaired) electrons. The second-order valence-electron chi connectivity index (χ2n) is 4.64. The van der Waals surface area contributed by atoms with Gasteiger partial charge in [-0.25, -0.2) is 0 Å². The second kappa shape index (κ2) is 5.53. The molecule has 1 aromatic heterocycles. The number of benzene rings is 1. The second-order valence-corrected chi connectivity index (χ2v) is 6.00. The van der Waals surface area contributed by atoms with Crippen LogP contribution in [-0.4, -0.2) is 13.7 Å². The van der Waals surface area contributed by atoms with Crippen molar-refractivity contribution in [3.63, 3.8) is 0 Å². The third-order valence-corrected chi connectivity index (χ3v) is 4.89. The Labute approximate surface area is 122 Å². The highest BCUT2D eigenvalue weighted by Gasteiger charge is 2.23. The van der Waals surface area contributed by atoms with E-state index >= 15 is 0 Å². The fourth-order valence-corrected chi connectivity index (χ4v) is 3.87. The predicted octanol–water partition coefficient (Wildman–Crippen LogP) is 4.04. The van der Waals surface area contributed by atoms with E-state index in [4.69, 9.17) is 16.3 Å². The van der Waals surface area contributed by atoms with E-state index in [1.54, 1.807) is 11.3 Å². The lowest BCUT2D eigenvalue weighted by molar-refractivity contribution is 0.283. The van der Waals surface area contributed by atoms with E-state index < -0.39 is 0 Å². The maximum Gasteiger partial charge on any atom is 0.127 e. The van der Waals surface area contributed by atoms with Crippen molar-refractivity contribution in [1.82, 2.24) is 5.32 Å². The SMILES string of the molecule is CNC(c1cccc2c1OCCC2)c1sccc1Cl. The summed E-state index contributed by atoms with van der Waals surface area (Å²) in [4.78, 5) is 1.15. The minimum atomic E-state index is 0.0977. The van der Waals surface area contributed by atoms with E-state index in [2.05, 4.69) is 23.5 Å². The number of halogens is 1. The summed E-state index contributed by atoms with van der Waals surface area (Å²) in [6.07, 6.45) is 2.19. The highest BCUT2D eigenvalue weighted by atomic mass is 35.5. The third-order valence-electron chi connectivity index (χ3n) is 3.47. The molecule has 1 aliphatic rings. The molecule has 2 nitrogen and oxygen atoms in total. The first-order valence-corrected chi connectivity index (χ1v) is 7.71. The number of aryl methyl sites for hydroxylation is 1. The van der Waals surface area contributed by atoms with Crippen molar-refractivity contribution in [2.24, 2.45) is 0 Å². The maximum atomic E-state index is 6.28. The molecule has 4 heteroatoms. The smallest absolute Gasteiger partial charge is 0.127 e. The van der Waals surface area contributed by atoms with Crippen LogP contribution < -0.4 is 10.1 Å². The summed E-state index contributed by atoms with van der Waals surface area (Å²) in [5.41, 5.74) is 2.49. The lowest BCUT2D eigenvalue weighted by atomic mass is 9.97. The normalized spacial score (nSPS) is 15.7. The van der Waals surface area contributed by atoms with Gasteiger partial charge in [0.05, 0.1) is 17.7 Å². The summed E-state index contributed by atoms with van der Waals surface area (Å²) in [6, 6.07) is 8.43. The zero-order chi connectivity index (χ0) is 13.2. The number of hydrogen-bond donors (Lipinski definition) is 1. The average molecular weight is 294 g/mol. The molecule has 3 rings (SSSR count). The minimum Gasteiger partial charge on any atom is -0.493 e. The molecule has 100 valence electrons. The number of thiophene rings is 1. The van der Waals surface area contributed by atoms with Crippen LogP contribution in [0, 0.1) is 0 Å². The first-order chi connectivity index (χ1) is 9.31.